The summed E-state index contributed by atoms with van der Waals surface area (Å²) < 4.78 is 0. The van der Waals surface area contributed by atoms with Crippen molar-refractivity contribution in [1.29, 1.82) is 0 Å². The summed E-state index contributed by atoms with van der Waals surface area (Å²) in [6, 6.07) is -2.78. The highest BCUT2D eigenvalue weighted by atomic mass is 16.4. The molecule has 0 heterocycles. The van der Waals surface area contributed by atoms with Gasteiger partial charge >= 0.3 is 5.97 Å². The van der Waals surface area contributed by atoms with E-state index in [-0.39, 0.29) is 24.8 Å². The summed E-state index contributed by atoms with van der Waals surface area (Å²) in [5.41, 5.74) is 21.9. The van der Waals surface area contributed by atoms with Gasteiger partial charge in [-0.2, -0.15) is 0 Å². The third-order valence-corrected chi connectivity index (χ3v) is 4.55. The van der Waals surface area contributed by atoms with E-state index in [1.807, 2.05) is 0 Å². The molecule has 3 unspecified atom stereocenters. The zero-order valence-electron chi connectivity index (χ0n) is 18.8. The Morgan fingerprint density at radius 1 is 0.938 bits per heavy atom. The molecule has 0 radical (unpaired) electrons. The van der Waals surface area contributed by atoms with Gasteiger partial charge in [0.2, 0.25) is 17.7 Å². The normalized spacial score (nSPS) is 13.5. The molecule has 13 nitrogen and oxygen atoms in total. The molecule has 0 rings (SSSR count). The van der Waals surface area contributed by atoms with Crippen LogP contribution in [0.25, 0.3) is 0 Å². The maximum absolute atomic E-state index is 12.9. The van der Waals surface area contributed by atoms with E-state index in [1.165, 1.54) is 0 Å². The number of carboxylic acids is 1. The molecule has 12 N–H and O–H groups in total. The van der Waals surface area contributed by atoms with Crippen LogP contribution in [0.1, 0.15) is 46.0 Å². The van der Waals surface area contributed by atoms with E-state index in [1.54, 1.807) is 13.8 Å². The van der Waals surface area contributed by atoms with Gasteiger partial charge in [0, 0.05) is 6.54 Å². The number of rotatable bonds is 16. The zero-order chi connectivity index (χ0) is 24.7. The quantitative estimate of drug-likeness (QED) is 0.0681. The first kappa shape index (κ1) is 29.1. The Morgan fingerprint density at radius 3 is 2.12 bits per heavy atom. The van der Waals surface area contributed by atoms with E-state index >= 15 is 0 Å². The van der Waals surface area contributed by atoms with Gasteiger partial charge in [-0.15, -0.1) is 0 Å². The van der Waals surface area contributed by atoms with Crippen LogP contribution < -0.4 is 38.9 Å². The van der Waals surface area contributed by atoms with E-state index in [9.17, 15) is 19.2 Å². The number of guanidine groups is 1. The van der Waals surface area contributed by atoms with Crippen LogP contribution in [0.3, 0.4) is 0 Å². The average Bonchev–Trinajstić information content (AvgIpc) is 2.71. The second-order valence-corrected chi connectivity index (χ2v) is 7.74. The molecule has 3 amide bonds. The summed E-state index contributed by atoms with van der Waals surface area (Å²) in [5, 5.41) is 16.2. The highest BCUT2D eigenvalue weighted by Gasteiger charge is 2.29. The largest absolute Gasteiger partial charge is 0.480 e. The van der Waals surface area contributed by atoms with Crippen molar-refractivity contribution >= 4 is 29.7 Å². The van der Waals surface area contributed by atoms with Gasteiger partial charge in [-0.05, 0) is 38.1 Å². The number of nitrogens with zero attached hydrogens (tertiary/aromatic N) is 1. The van der Waals surface area contributed by atoms with Gasteiger partial charge in [-0.3, -0.25) is 24.2 Å². The van der Waals surface area contributed by atoms with Gasteiger partial charge in [0.15, 0.2) is 5.96 Å². The Labute approximate surface area is 188 Å². The third kappa shape index (κ3) is 12.7. The van der Waals surface area contributed by atoms with Crippen LogP contribution >= 0.6 is 0 Å². The number of hydrogen-bond acceptors (Lipinski definition) is 7. The molecular formula is C19H38N8O5. The molecule has 0 aliphatic heterocycles. The topological polar surface area (TPSA) is 241 Å². The van der Waals surface area contributed by atoms with E-state index in [0.717, 1.165) is 6.42 Å². The minimum atomic E-state index is -1.21. The number of amides is 3. The molecule has 0 aromatic carbocycles. The lowest BCUT2D eigenvalue weighted by atomic mass is 10.0. The lowest BCUT2D eigenvalue weighted by Gasteiger charge is -2.26. The molecule has 13 heteroatoms. The average molecular weight is 459 g/mol. The predicted molar refractivity (Wildman–Crippen MR) is 120 cm³/mol. The van der Waals surface area contributed by atoms with Crippen LogP contribution in [0.5, 0.6) is 0 Å². The van der Waals surface area contributed by atoms with Gasteiger partial charge in [0.1, 0.15) is 18.6 Å². The molecule has 0 aromatic rings. The highest BCUT2D eigenvalue weighted by Crippen LogP contribution is 2.06. The van der Waals surface area contributed by atoms with Crippen LogP contribution in [-0.4, -0.2) is 72.5 Å². The van der Waals surface area contributed by atoms with Gasteiger partial charge in [0.25, 0.3) is 0 Å². The van der Waals surface area contributed by atoms with Crippen LogP contribution in [-0.2, 0) is 19.2 Å². The molecule has 184 valence electrons. The number of nitrogens with one attached hydrogen (secondary N) is 3. The number of aliphatic carboxylic acids is 1. The summed E-state index contributed by atoms with van der Waals surface area (Å²) in [4.78, 5) is 52.2. The fraction of sp³-hybridized carbons (Fsp3) is 0.737. The molecule has 3 atom stereocenters. The summed E-state index contributed by atoms with van der Waals surface area (Å²) >= 11 is 0. The Balaban J connectivity index is 5.23. The lowest BCUT2D eigenvalue weighted by Crippen LogP contribution is -2.57. The highest BCUT2D eigenvalue weighted by molar-refractivity contribution is 5.93. The van der Waals surface area contributed by atoms with Crippen molar-refractivity contribution < 1.29 is 24.3 Å². The Morgan fingerprint density at radius 2 is 1.59 bits per heavy atom. The summed E-state index contributed by atoms with van der Waals surface area (Å²) in [5.74, 6) is -3.36. The summed E-state index contributed by atoms with van der Waals surface area (Å²) in [7, 11) is 0. The first-order chi connectivity index (χ1) is 15.0. The number of unbranched alkanes of at least 4 members (excludes halogenated alkanes) is 1. The van der Waals surface area contributed by atoms with Crippen molar-refractivity contribution in [3.05, 3.63) is 0 Å². The van der Waals surface area contributed by atoms with Crippen molar-refractivity contribution in [3.63, 3.8) is 0 Å². The van der Waals surface area contributed by atoms with Crippen molar-refractivity contribution in [2.24, 2.45) is 33.8 Å². The SMILES string of the molecule is CC(C)C(NC(=O)C(CCCN=C(N)N)NC(=O)C(N)CCCCN)C(=O)NCC(=O)O. The standard InChI is InChI=1S/C19H38N8O5/c1-11(2)15(18(32)25-10-14(28)29)27-17(31)13(7-5-9-24-19(22)23)26-16(30)12(21)6-3-4-8-20/h11-13,15H,3-10,20-21H2,1-2H3,(H,25,32)(H,26,30)(H,27,31)(H,28,29)(H4,22,23,24). The van der Waals surface area contributed by atoms with E-state index in [0.29, 0.717) is 25.8 Å². The number of carbonyl (C=O) groups is 4. The Kier molecular flexibility index (Phi) is 14.4. The molecule has 0 saturated carbocycles. The second-order valence-electron chi connectivity index (χ2n) is 7.74. The van der Waals surface area contributed by atoms with Gasteiger partial charge in [-0.25, -0.2) is 0 Å². The van der Waals surface area contributed by atoms with Crippen LogP contribution in [0, 0.1) is 5.92 Å². The van der Waals surface area contributed by atoms with Crippen molar-refractivity contribution in [2.75, 3.05) is 19.6 Å². The fourth-order valence-electron chi connectivity index (χ4n) is 2.75. The Hall–Kier alpha value is -2.93. The molecule has 32 heavy (non-hydrogen) atoms. The van der Waals surface area contributed by atoms with Gasteiger partial charge in [-0.1, -0.05) is 20.3 Å². The molecule has 0 bridgehead atoms. The smallest absolute Gasteiger partial charge is 0.322 e. The molecule has 0 aliphatic rings. The van der Waals surface area contributed by atoms with Crippen LogP contribution in [0.15, 0.2) is 4.99 Å². The maximum atomic E-state index is 12.9. The second kappa shape index (κ2) is 15.8. The molecule has 0 aliphatic carbocycles. The minimum Gasteiger partial charge on any atom is -0.480 e. The molecule has 0 spiro atoms. The fourth-order valence-corrected chi connectivity index (χ4v) is 2.75. The summed E-state index contributed by atoms with van der Waals surface area (Å²) in [6.07, 6.45) is 2.40. The van der Waals surface area contributed by atoms with E-state index in [4.69, 9.17) is 28.0 Å². The molecule has 0 aromatic heterocycles. The Bertz CT molecular complexity index is 652. The first-order valence-electron chi connectivity index (χ1n) is 10.6. The molecule has 0 fully saturated rings. The molecular weight excluding hydrogens is 420 g/mol. The number of nitrogens with two attached hydrogens (primary N) is 4. The van der Waals surface area contributed by atoms with E-state index < -0.39 is 48.4 Å². The van der Waals surface area contributed by atoms with Crippen LogP contribution in [0.4, 0.5) is 0 Å². The van der Waals surface area contributed by atoms with Crippen molar-refractivity contribution in [1.82, 2.24) is 16.0 Å². The zero-order valence-corrected chi connectivity index (χ0v) is 18.8. The van der Waals surface area contributed by atoms with E-state index in [2.05, 4.69) is 20.9 Å². The third-order valence-electron chi connectivity index (χ3n) is 4.55. The first-order valence-corrected chi connectivity index (χ1v) is 10.6. The number of aliphatic imine (C=N–C) groups is 1. The van der Waals surface area contributed by atoms with Crippen LogP contribution in [0.2, 0.25) is 0 Å². The number of carboxylic acid groups (broad SMARTS) is 1. The monoisotopic (exact) mass is 458 g/mol. The predicted octanol–water partition coefficient (Wildman–Crippen LogP) is -2.68. The minimum absolute atomic E-state index is 0.0908. The maximum Gasteiger partial charge on any atom is 0.322 e. The number of carbonyl (C=O) groups excluding carboxylic acids is 3. The van der Waals surface area contributed by atoms with Gasteiger partial charge in [0.05, 0.1) is 6.04 Å². The molecule has 0 saturated heterocycles. The van der Waals surface area contributed by atoms with Crippen molar-refractivity contribution in [3.8, 4) is 0 Å². The van der Waals surface area contributed by atoms with Crippen molar-refractivity contribution in [2.45, 2.75) is 64.1 Å². The summed E-state index contributed by atoms with van der Waals surface area (Å²) in [6.45, 7) is 3.56. The van der Waals surface area contributed by atoms with Gasteiger partial charge < -0.3 is 44.0 Å². The number of hydrogen-bond donors (Lipinski definition) is 8. The lowest BCUT2D eigenvalue weighted by molar-refractivity contribution is -0.139.